The fourth-order valence-corrected chi connectivity index (χ4v) is 2.60. The third-order valence-electron chi connectivity index (χ3n) is 3.15. The number of hydrogen-bond acceptors (Lipinski definition) is 1. The molecule has 104 valence electrons. The van der Waals surface area contributed by atoms with Crippen LogP contribution in [0.4, 0.5) is 0 Å². The van der Waals surface area contributed by atoms with Crippen LogP contribution >= 0.6 is 27.5 Å². The summed E-state index contributed by atoms with van der Waals surface area (Å²) in [6.45, 7) is 2.47. The molecule has 4 heteroatoms. The largest absolute Gasteiger partial charge is 0.337 e. The summed E-state index contributed by atoms with van der Waals surface area (Å²) in [5, 5.41) is 0.682. The highest BCUT2D eigenvalue weighted by molar-refractivity contribution is 9.10. The smallest absolute Gasteiger partial charge is 0.254 e. The van der Waals surface area contributed by atoms with Crippen molar-refractivity contribution < 1.29 is 4.79 Å². The minimum Gasteiger partial charge on any atom is -0.337 e. The highest BCUT2D eigenvalue weighted by Crippen LogP contribution is 2.21. The maximum absolute atomic E-state index is 12.5. The number of amides is 1. The maximum atomic E-state index is 12.5. The second-order valence-corrected chi connectivity index (χ2v) is 5.99. The minimum absolute atomic E-state index is 0.00350. The van der Waals surface area contributed by atoms with Crippen molar-refractivity contribution in [2.75, 3.05) is 7.05 Å². The fourth-order valence-electron chi connectivity index (χ4n) is 2.03. The molecule has 0 atom stereocenters. The molecule has 0 saturated heterocycles. The Morgan fingerprint density at radius 1 is 1.25 bits per heavy atom. The zero-order valence-corrected chi connectivity index (χ0v) is 13.7. The molecule has 20 heavy (non-hydrogen) atoms. The Bertz CT molecular complexity index is 642. The number of hydrogen-bond donors (Lipinski definition) is 0. The van der Waals surface area contributed by atoms with Gasteiger partial charge in [-0.05, 0) is 42.3 Å². The van der Waals surface area contributed by atoms with Crippen LogP contribution in [0.5, 0.6) is 0 Å². The van der Waals surface area contributed by atoms with Crippen molar-refractivity contribution in [3.05, 3.63) is 68.7 Å². The monoisotopic (exact) mass is 351 g/mol. The van der Waals surface area contributed by atoms with Gasteiger partial charge in [0.25, 0.3) is 5.91 Å². The summed E-state index contributed by atoms with van der Waals surface area (Å²) < 4.78 is 0.944. The Morgan fingerprint density at radius 2 is 1.95 bits per heavy atom. The van der Waals surface area contributed by atoms with Gasteiger partial charge in [0.05, 0.1) is 0 Å². The zero-order valence-electron chi connectivity index (χ0n) is 11.4. The predicted octanol–water partition coefficient (Wildman–Crippen LogP) is 4.68. The van der Waals surface area contributed by atoms with Crippen LogP contribution in [0, 0.1) is 6.92 Å². The average Bonchev–Trinajstić information content (AvgIpc) is 2.41. The topological polar surface area (TPSA) is 20.3 Å². The van der Waals surface area contributed by atoms with Gasteiger partial charge in [-0.25, -0.2) is 0 Å². The highest BCUT2D eigenvalue weighted by atomic mass is 79.9. The molecule has 2 aromatic rings. The van der Waals surface area contributed by atoms with E-state index in [0.29, 0.717) is 17.1 Å². The van der Waals surface area contributed by atoms with Crippen molar-refractivity contribution in [3.63, 3.8) is 0 Å². The summed E-state index contributed by atoms with van der Waals surface area (Å²) in [6.07, 6.45) is 0. The van der Waals surface area contributed by atoms with E-state index < -0.39 is 0 Å². The maximum Gasteiger partial charge on any atom is 0.254 e. The van der Waals surface area contributed by atoms with Crippen molar-refractivity contribution in [3.8, 4) is 0 Å². The quantitative estimate of drug-likeness (QED) is 0.785. The van der Waals surface area contributed by atoms with Gasteiger partial charge >= 0.3 is 0 Å². The number of nitrogens with zero attached hydrogens (tertiary/aromatic N) is 1. The molecular formula is C16H15BrClNO. The van der Waals surface area contributed by atoms with E-state index in [0.717, 1.165) is 15.6 Å². The molecule has 0 aromatic heterocycles. The number of carbonyl (C=O) groups excluding carboxylic acids is 1. The van der Waals surface area contributed by atoms with Gasteiger partial charge in [-0.2, -0.15) is 0 Å². The first-order chi connectivity index (χ1) is 9.49. The predicted molar refractivity (Wildman–Crippen MR) is 86.1 cm³/mol. The van der Waals surface area contributed by atoms with Crippen molar-refractivity contribution >= 4 is 33.4 Å². The SMILES string of the molecule is Cc1c(Br)cccc1C(=O)N(C)Cc1cccc(Cl)c1. The molecule has 2 rings (SSSR count). The summed E-state index contributed by atoms with van der Waals surface area (Å²) in [4.78, 5) is 14.2. The summed E-state index contributed by atoms with van der Waals surface area (Å²) in [6, 6.07) is 13.2. The van der Waals surface area contributed by atoms with Crippen molar-refractivity contribution in [2.45, 2.75) is 13.5 Å². The van der Waals surface area contributed by atoms with Crippen LogP contribution in [0.2, 0.25) is 5.02 Å². The van der Waals surface area contributed by atoms with E-state index in [4.69, 9.17) is 11.6 Å². The molecule has 0 N–H and O–H groups in total. The molecule has 1 amide bonds. The summed E-state index contributed by atoms with van der Waals surface area (Å²) in [5.41, 5.74) is 2.68. The molecule has 2 nitrogen and oxygen atoms in total. The zero-order chi connectivity index (χ0) is 14.7. The molecular weight excluding hydrogens is 338 g/mol. The van der Waals surface area contributed by atoms with E-state index in [-0.39, 0.29) is 5.91 Å². The van der Waals surface area contributed by atoms with Gasteiger partial charge in [0, 0.05) is 28.7 Å². The van der Waals surface area contributed by atoms with Gasteiger partial charge in [-0.15, -0.1) is 0 Å². The van der Waals surface area contributed by atoms with Gasteiger partial charge in [0.15, 0.2) is 0 Å². The summed E-state index contributed by atoms with van der Waals surface area (Å²) >= 11 is 9.41. The number of carbonyl (C=O) groups is 1. The summed E-state index contributed by atoms with van der Waals surface area (Å²) in [5.74, 6) is 0.00350. The van der Waals surface area contributed by atoms with Crippen LogP contribution in [-0.2, 0) is 6.54 Å². The lowest BCUT2D eigenvalue weighted by Gasteiger charge is -2.19. The van der Waals surface area contributed by atoms with Gasteiger partial charge in [0.2, 0.25) is 0 Å². The second kappa shape index (κ2) is 6.42. The lowest BCUT2D eigenvalue weighted by atomic mass is 10.1. The molecule has 2 aromatic carbocycles. The van der Waals surface area contributed by atoms with E-state index in [1.54, 1.807) is 11.9 Å². The van der Waals surface area contributed by atoms with Gasteiger partial charge in [-0.3, -0.25) is 4.79 Å². The Balaban J connectivity index is 2.19. The first-order valence-electron chi connectivity index (χ1n) is 6.24. The van der Waals surface area contributed by atoms with E-state index >= 15 is 0 Å². The molecule has 0 unspecified atom stereocenters. The molecule has 0 aliphatic carbocycles. The molecule has 0 heterocycles. The fraction of sp³-hybridized carbons (Fsp3) is 0.188. The van der Waals surface area contributed by atoms with Crippen molar-refractivity contribution in [2.24, 2.45) is 0 Å². The molecule has 0 fully saturated rings. The third kappa shape index (κ3) is 3.41. The Morgan fingerprint density at radius 3 is 2.65 bits per heavy atom. The lowest BCUT2D eigenvalue weighted by Crippen LogP contribution is -2.26. The van der Waals surface area contributed by atoms with E-state index in [1.807, 2.05) is 49.4 Å². The minimum atomic E-state index is 0.00350. The standard InChI is InChI=1S/C16H15BrClNO/c1-11-14(7-4-8-15(11)17)16(20)19(2)10-12-5-3-6-13(18)9-12/h3-9H,10H2,1-2H3. The third-order valence-corrected chi connectivity index (χ3v) is 4.25. The van der Waals surface area contributed by atoms with E-state index in [9.17, 15) is 4.79 Å². The van der Waals surface area contributed by atoms with Crippen LogP contribution < -0.4 is 0 Å². The molecule has 0 bridgehead atoms. The van der Waals surface area contributed by atoms with Crippen molar-refractivity contribution in [1.29, 1.82) is 0 Å². The van der Waals surface area contributed by atoms with Crippen LogP contribution in [0.25, 0.3) is 0 Å². The molecule has 0 spiro atoms. The molecule has 0 radical (unpaired) electrons. The second-order valence-electron chi connectivity index (χ2n) is 4.70. The van der Waals surface area contributed by atoms with E-state index in [2.05, 4.69) is 15.9 Å². The van der Waals surface area contributed by atoms with Gasteiger partial charge in [0.1, 0.15) is 0 Å². The average molecular weight is 353 g/mol. The number of rotatable bonds is 3. The molecule has 0 aliphatic rings. The number of benzene rings is 2. The first-order valence-corrected chi connectivity index (χ1v) is 7.41. The van der Waals surface area contributed by atoms with Crippen LogP contribution in [-0.4, -0.2) is 17.9 Å². The van der Waals surface area contributed by atoms with Gasteiger partial charge in [-0.1, -0.05) is 45.7 Å². The first kappa shape index (κ1) is 15.1. The normalized spacial score (nSPS) is 10.4. The Hall–Kier alpha value is -1.32. The lowest BCUT2D eigenvalue weighted by molar-refractivity contribution is 0.0784. The number of halogens is 2. The highest BCUT2D eigenvalue weighted by Gasteiger charge is 2.15. The van der Waals surface area contributed by atoms with E-state index in [1.165, 1.54) is 0 Å². The molecule has 0 saturated carbocycles. The Labute approximate surface area is 132 Å². The molecule has 0 aliphatic heterocycles. The van der Waals surface area contributed by atoms with Crippen LogP contribution in [0.15, 0.2) is 46.9 Å². The van der Waals surface area contributed by atoms with Crippen LogP contribution in [0.1, 0.15) is 21.5 Å². The summed E-state index contributed by atoms with van der Waals surface area (Å²) in [7, 11) is 1.80. The van der Waals surface area contributed by atoms with Crippen LogP contribution in [0.3, 0.4) is 0 Å². The van der Waals surface area contributed by atoms with Crippen molar-refractivity contribution in [1.82, 2.24) is 4.90 Å². The Kier molecular flexibility index (Phi) is 4.84. The van der Waals surface area contributed by atoms with Gasteiger partial charge < -0.3 is 4.90 Å².